The van der Waals surface area contributed by atoms with Crippen molar-refractivity contribution in [2.24, 2.45) is 0 Å². The molecule has 1 atom stereocenters. The lowest BCUT2D eigenvalue weighted by Crippen LogP contribution is -2.51. The number of hydrogen-bond donors (Lipinski definition) is 2. The van der Waals surface area contributed by atoms with Gasteiger partial charge in [-0.3, -0.25) is 4.79 Å². The van der Waals surface area contributed by atoms with Gasteiger partial charge >= 0.3 is 0 Å². The van der Waals surface area contributed by atoms with Gasteiger partial charge in [-0.05, 0) is 57.2 Å². The van der Waals surface area contributed by atoms with Gasteiger partial charge in [-0.15, -0.1) is 0 Å². The van der Waals surface area contributed by atoms with Crippen LogP contribution in [0.25, 0.3) is 0 Å². The molecule has 2 rings (SSSR count). The van der Waals surface area contributed by atoms with Crippen molar-refractivity contribution in [1.29, 1.82) is 0 Å². The highest BCUT2D eigenvalue weighted by Crippen LogP contribution is 2.43. The molecular weight excluding hydrogens is 342 g/mol. The van der Waals surface area contributed by atoms with Gasteiger partial charge in [0.1, 0.15) is 21.3 Å². The standard InChI is InChI=1S/C18H27NO5S/c1-11-12(2)16-14(13(3)15(11)20)7-8-18(4,24-16)17(21)19-9-6-10-25(5,22)23/h20H,6-10H2,1-5H3,(H,19,21). The predicted molar refractivity (Wildman–Crippen MR) is 97.0 cm³/mol. The van der Waals surface area contributed by atoms with Gasteiger partial charge in [0, 0.05) is 24.8 Å². The largest absolute Gasteiger partial charge is 0.507 e. The number of hydrogen-bond acceptors (Lipinski definition) is 5. The molecule has 1 aromatic carbocycles. The van der Waals surface area contributed by atoms with Gasteiger partial charge in [-0.25, -0.2) is 8.42 Å². The Kier molecular flexibility index (Phi) is 5.37. The van der Waals surface area contributed by atoms with Gasteiger partial charge < -0.3 is 15.2 Å². The van der Waals surface area contributed by atoms with Gasteiger partial charge in [-0.1, -0.05) is 0 Å². The van der Waals surface area contributed by atoms with Crippen molar-refractivity contribution in [3.8, 4) is 11.5 Å². The van der Waals surface area contributed by atoms with E-state index in [1.54, 1.807) is 6.92 Å². The van der Waals surface area contributed by atoms with Crippen LogP contribution < -0.4 is 10.1 Å². The number of phenolic OH excluding ortho intramolecular Hbond substituents is 1. The van der Waals surface area contributed by atoms with E-state index in [0.717, 1.165) is 22.3 Å². The van der Waals surface area contributed by atoms with Crippen molar-refractivity contribution >= 4 is 15.7 Å². The maximum absolute atomic E-state index is 12.6. The number of ether oxygens (including phenoxy) is 1. The summed E-state index contributed by atoms with van der Waals surface area (Å²) in [4.78, 5) is 12.6. The average molecular weight is 369 g/mol. The number of nitrogens with one attached hydrogen (secondary N) is 1. The van der Waals surface area contributed by atoms with Crippen molar-refractivity contribution < 1.29 is 23.1 Å². The van der Waals surface area contributed by atoms with Crippen molar-refractivity contribution in [1.82, 2.24) is 5.32 Å². The summed E-state index contributed by atoms with van der Waals surface area (Å²) in [5.74, 6) is 0.765. The minimum atomic E-state index is -3.03. The lowest BCUT2D eigenvalue weighted by Gasteiger charge is -2.36. The van der Waals surface area contributed by atoms with E-state index in [0.29, 0.717) is 31.6 Å². The van der Waals surface area contributed by atoms with Gasteiger partial charge in [-0.2, -0.15) is 0 Å². The molecule has 140 valence electrons. The summed E-state index contributed by atoms with van der Waals surface area (Å²) >= 11 is 0. The number of carbonyl (C=O) groups excluding carboxylic acids is 1. The molecular formula is C18H27NO5S. The van der Waals surface area contributed by atoms with Crippen molar-refractivity contribution in [3.63, 3.8) is 0 Å². The van der Waals surface area contributed by atoms with E-state index in [1.165, 1.54) is 6.26 Å². The molecule has 0 saturated heterocycles. The molecule has 0 spiro atoms. The third kappa shape index (κ3) is 4.08. The molecule has 1 aliphatic rings. The van der Waals surface area contributed by atoms with Gasteiger partial charge in [0.2, 0.25) is 0 Å². The Morgan fingerprint density at radius 3 is 2.48 bits per heavy atom. The number of carbonyl (C=O) groups is 1. The molecule has 0 saturated carbocycles. The fourth-order valence-electron chi connectivity index (χ4n) is 3.13. The van der Waals surface area contributed by atoms with Crippen LogP contribution in [0.1, 0.15) is 42.0 Å². The molecule has 0 aliphatic carbocycles. The molecule has 2 N–H and O–H groups in total. The Bertz CT molecular complexity index is 800. The molecule has 1 amide bonds. The molecule has 6 nitrogen and oxygen atoms in total. The summed E-state index contributed by atoms with van der Waals surface area (Å²) in [5, 5.41) is 13.0. The van der Waals surface area contributed by atoms with Crippen LogP contribution in [0.2, 0.25) is 0 Å². The smallest absolute Gasteiger partial charge is 0.263 e. The topological polar surface area (TPSA) is 92.7 Å². The van der Waals surface area contributed by atoms with E-state index in [4.69, 9.17) is 4.74 Å². The van der Waals surface area contributed by atoms with Crippen LogP contribution in [0.5, 0.6) is 11.5 Å². The Balaban J connectivity index is 2.13. The van der Waals surface area contributed by atoms with Crippen molar-refractivity contribution in [3.05, 3.63) is 22.3 Å². The van der Waals surface area contributed by atoms with Crippen LogP contribution in [-0.2, 0) is 21.1 Å². The third-order valence-electron chi connectivity index (χ3n) is 4.98. The normalized spacial score (nSPS) is 19.9. The van der Waals surface area contributed by atoms with Crippen LogP contribution in [0.15, 0.2) is 0 Å². The van der Waals surface area contributed by atoms with E-state index in [-0.39, 0.29) is 17.4 Å². The molecule has 25 heavy (non-hydrogen) atoms. The maximum Gasteiger partial charge on any atom is 0.263 e. The highest BCUT2D eigenvalue weighted by atomic mass is 32.2. The zero-order valence-electron chi connectivity index (χ0n) is 15.5. The monoisotopic (exact) mass is 369 g/mol. The molecule has 0 aromatic heterocycles. The summed E-state index contributed by atoms with van der Waals surface area (Å²) in [6, 6.07) is 0. The number of amides is 1. The SMILES string of the molecule is Cc1c(C)c2c(c(C)c1O)CCC(C)(C(=O)NCCCS(C)(=O)=O)O2. The summed E-state index contributed by atoms with van der Waals surface area (Å²) in [6.45, 7) is 7.61. The van der Waals surface area contributed by atoms with E-state index in [9.17, 15) is 18.3 Å². The Morgan fingerprint density at radius 2 is 1.88 bits per heavy atom. The van der Waals surface area contributed by atoms with E-state index >= 15 is 0 Å². The number of benzene rings is 1. The fourth-order valence-corrected chi connectivity index (χ4v) is 3.80. The maximum atomic E-state index is 12.6. The number of sulfone groups is 1. The van der Waals surface area contributed by atoms with Gasteiger partial charge in [0.15, 0.2) is 5.60 Å². The minimum Gasteiger partial charge on any atom is -0.507 e. The number of aromatic hydroxyl groups is 1. The summed E-state index contributed by atoms with van der Waals surface area (Å²) in [7, 11) is -3.03. The second kappa shape index (κ2) is 6.86. The summed E-state index contributed by atoms with van der Waals surface area (Å²) < 4.78 is 28.4. The second-order valence-corrected chi connectivity index (χ2v) is 9.36. The van der Waals surface area contributed by atoms with E-state index in [1.807, 2.05) is 20.8 Å². The molecule has 1 aromatic rings. The summed E-state index contributed by atoms with van der Waals surface area (Å²) in [6.07, 6.45) is 2.70. The zero-order valence-corrected chi connectivity index (χ0v) is 16.3. The second-order valence-electron chi connectivity index (χ2n) is 7.10. The summed E-state index contributed by atoms with van der Waals surface area (Å²) in [5.41, 5.74) is 2.35. The van der Waals surface area contributed by atoms with Crippen LogP contribution in [0.4, 0.5) is 0 Å². The van der Waals surface area contributed by atoms with E-state index in [2.05, 4.69) is 5.32 Å². The first kappa shape index (κ1) is 19.6. The van der Waals surface area contributed by atoms with Gasteiger partial charge in [0.25, 0.3) is 5.91 Å². The lowest BCUT2D eigenvalue weighted by atomic mass is 9.86. The van der Waals surface area contributed by atoms with E-state index < -0.39 is 15.4 Å². The number of rotatable bonds is 5. The van der Waals surface area contributed by atoms with Crippen LogP contribution in [0.3, 0.4) is 0 Å². The van der Waals surface area contributed by atoms with Crippen molar-refractivity contribution in [2.75, 3.05) is 18.6 Å². The first-order chi connectivity index (χ1) is 11.5. The van der Waals surface area contributed by atoms with Crippen LogP contribution in [-0.4, -0.2) is 43.6 Å². The molecule has 1 aliphatic heterocycles. The number of fused-ring (bicyclic) bond motifs is 1. The predicted octanol–water partition coefficient (Wildman–Crippen LogP) is 1.95. The highest BCUT2D eigenvalue weighted by Gasteiger charge is 2.40. The van der Waals surface area contributed by atoms with Crippen LogP contribution >= 0.6 is 0 Å². The Hall–Kier alpha value is -1.76. The Morgan fingerprint density at radius 1 is 1.24 bits per heavy atom. The zero-order chi connectivity index (χ0) is 19.0. The third-order valence-corrected chi connectivity index (χ3v) is 6.01. The molecule has 1 unspecified atom stereocenters. The van der Waals surface area contributed by atoms with Crippen LogP contribution in [0, 0.1) is 20.8 Å². The molecule has 0 radical (unpaired) electrons. The number of phenols is 1. The highest BCUT2D eigenvalue weighted by molar-refractivity contribution is 7.90. The molecule has 0 bridgehead atoms. The molecule has 7 heteroatoms. The first-order valence-electron chi connectivity index (χ1n) is 8.43. The molecule has 1 heterocycles. The van der Waals surface area contributed by atoms with Gasteiger partial charge in [0.05, 0.1) is 5.75 Å². The lowest BCUT2D eigenvalue weighted by molar-refractivity contribution is -0.136. The first-order valence-corrected chi connectivity index (χ1v) is 10.5. The minimum absolute atomic E-state index is 0.0461. The quantitative estimate of drug-likeness (QED) is 0.774. The fraction of sp³-hybridized carbons (Fsp3) is 0.611. The Labute approximate surface area is 149 Å². The molecule has 0 fully saturated rings. The average Bonchev–Trinajstić information content (AvgIpc) is 2.53. The van der Waals surface area contributed by atoms with Crippen molar-refractivity contribution in [2.45, 2.75) is 52.6 Å².